The van der Waals surface area contributed by atoms with Crippen LogP contribution >= 0.6 is 11.3 Å². The normalized spacial score (nSPS) is 14.5. The van der Waals surface area contributed by atoms with Crippen LogP contribution < -0.4 is 5.32 Å². The highest BCUT2D eigenvalue weighted by molar-refractivity contribution is 7.21. The number of fused-ring (bicyclic) bond motifs is 1. The van der Waals surface area contributed by atoms with Crippen molar-refractivity contribution >= 4 is 33.2 Å². The molecular formula is C21H21N7S. The number of rotatable bonds is 5. The van der Waals surface area contributed by atoms with E-state index in [2.05, 4.69) is 38.4 Å². The average Bonchev–Trinajstić information content (AvgIpc) is 3.40. The van der Waals surface area contributed by atoms with E-state index >= 15 is 0 Å². The van der Waals surface area contributed by atoms with Gasteiger partial charge in [0.2, 0.25) is 0 Å². The average molecular weight is 404 g/mol. The molecular weight excluding hydrogens is 382 g/mol. The van der Waals surface area contributed by atoms with Crippen LogP contribution in [0.3, 0.4) is 0 Å². The minimum atomic E-state index is 0.741. The lowest BCUT2D eigenvalue weighted by molar-refractivity contribution is 0.326. The Morgan fingerprint density at radius 1 is 1.03 bits per heavy atom. The van der Waals surface area contributed by atoms with Crippen molar-refractivity contribution in [3.05, 3.63) is 54.1 Å². The first-order valence-corrected chi connectivity index (χ1v) is 10.6. The summed E-state index contributed by atoms with van der Waals surface area (Å²) in [6.45, 7) is 5.35. The monoisotopic (exact) mass is 403 g/mol. The van der Waals surface area contributed by atoms with E-state index in [-0.39, 0.29) is 0 Å². The lowest BCUT2D eigenvalue weighted by Crippen LogP contribution is -2.20. The van der Waals surface area contributed by atoms with Crippen molar-refractivity contribution in [2.24, 2.45) is 0 Å². The largest absolute Gasteiger partial charge is 0.325 e. The zero-order chi connectivity index (χ0) is 19.6. The number of hydrogen-bond acceptors (Lipinski definition) is 8. The minimum Gasteiger partial charge on any atom is -0.325 e. The quantitative estimate of drug-likeness (QED) is 0.535. The second-order valence-corrected chi connectivity index (χ2v) is 8.29. The molecule has 1 N–H and O–H groups in total. The summed E-state index contributed by atoms with van der Waals surface area (Å²) < 4.78 is 1.04. The Bertz CT molecular complexity index is 1140. The van der Waals surface area contributed by atoms with Crippen molar-refractivity contribution in [1.82, 2.24) is 30.0 Å². The van der Waals surface area contributed by atoms with Gasteiger partial charge < -0.3 is 5.32 Å². The summed E-state index contributed by atoms with van der Waals surface area (Å²) in [4.78, 5) is 16.6. The van der Waals surface area contributed by atoms with Gasteiger partial charge in [0.1, 0.15) is 16.6 Å². The number of anilines is 2. The number of thiazole rings is 1. The van der Waals surface area contributed by atoms with Gasteiger partial charge in [-0.05, 0) is 50.6 Å². The third kappa shape index (κ3) is 3.94. The van der Waals surface area contributed by atoms with Gasteiger partial charge in [0.05, 0.1) is 28.3 Å². The van der Waals surface area contributed by atoms with Crippen molar-refractivity contribution in [2.75, 3.05) is 18.4 Å². The van der Waals surface area contributed by atoms with Crippen LogP contribution in [0.5, 0.6) is 0 Å². The van der Waals surface area contributed by atoms with E-state index in [0.717, 1.165) is 57.8 Å². The van der Waals surface area contributed by atoms with Crippen molar-refractivity contribution in [1.29, 1.82) is 0 Å². The van der Waals surface area contributed by atoms with Crippen molar-refractivity contribution in [3.63, 3.8) is 0 Å². The Kier molecular flexibility index (Phi) is 4.87. The van der Waals surface area contributed by atoms with E-state index in [1.807, 2.05) is 24.4 Å². The Balaban J connectivity index is 1.38. The van der Waals surface area contributed by atoms with Crippen LogP contribution in [0.15, 0.2) is 42.9 Å². The molecule has 0 atom stereocenters. The van der Waals surface area contributed by atoms with E-state index in [0.29, 0.717) is 0 Å². The summed E-state index contributed by atoms with van der Waals surface area (Å²) in [7, 11) is 0. The number of hydrogen-bond donors (Lipinski definition) is 1. The Labute approximate surface area is 172 Å². The molecule has 4 aromatic heterocycles. The van der Waals surface area contributed by atoms with Gasteiger partial charge in [-0.25, -0.2) is 15.0 Å². The van der Waals surface area contributed by atoms with Crippen molar-refractivity contribution < 1.29 is 0 Å². The van der Waals surface area contributed by atoms with Crippen molar-refractivity contribution in [2.45, 2.75) is 26.3 Å². The summed E-state index contributed by atoms with van der Waals surface area (Å²) in [5, 5.41) is 12.0. The predicted molar refractivity (Wildman–Crippen MR) is 115 cm³/mol. The molecule has 4 aromatic rings. The molecule has 0 amide bonds. The van der Waals surface area contributed by atoms with Gasteiger partial charge in [0.25, 0.3) is 0 Å². The van der Waals surface area contributed by atoms with Gasteiger partial charge in [-0.15, -0.1) is 11.3 Å². The Hall–Kier alpha value is -2.97. The zero-order valence-electron chi connectivity index (χ0n) is 16.2. The van der Waals surface area contributed by atoms with Crippen LogP contribution in [0.25, 0.3) is 20.8 Å². The van der Waals surface area contributed by atoms with Gasteiger partial charge in [0.15, 0.2) is 0 Å². The molecule has 8 heteroatoms. The first-order chi connectivity index (χ1) is 14.2. The molecule has 1 saturated heterocycles. The van der Waals surface area contributed by atoms with E-state index in [1.54, 1.807) is 23.7 Å². The molecule has 0 bridgehead atoms. The van der Waals surface area contributed by atoms with Crippen LogP contribution in [0, 0.1) is 6.92 Å². The number of pyridine rings is 2. The standard InChI is InChI=1S/C21H21N7S/c1-14-4-5-19(25-17(14)13-28-8-2-3-9-28)27-20-10-16-18(12-22-20)29-21(26-16)15-6-7-23-24-11-15/h4-7,10-12H,2-3,8-9,13H2,1H3,(H,22,25,27). The fourth-order valence-electron chi connectivity index (χ4n) is 3.53. The highest BCUT2D eigenvalue weighted by Gasteiger charge is 2.14. The number of nitrogens with zero attached hydrogens (tertiary/aromatic N) is 6. The molecule has 5 rings (SSSR count). The van der Waals surface area contributed by atoms with Gasteiger partial charge >= 0.3 is 0 Å². The van der Waals surface area contributed by atoms with Crippen LogP contribution in [0.4, 0.5) is 11.6 Å². The zero-order valence-corrected chi connectivity index (χ0v) is 17.0. The third-order valence-electron chi connectivity index (χ3n) is 5.14. The maximum atomic E-state index is 4.84. The van der Waals surface area contributed by atoms with Crippen LogP contribution in [-0.4, -0.2) is 43.1 Å². The van der Waals surface area contributed by atoms with Crippen LogP contribution in [0.2, 0.25) is 0 Å². The lowest BCUT2D eigenvalue weighted by Gasteiger charge is -2.16. The van der Waals surface area contributed by atoms with E-state index in [4.69, 9.17) is 9.97 Å². The lowest BCUT2D eigenvalue weighted by atomic mass is 10.2. The van der Waals surface area contributed by atoms with E-state index in [9.17, 15) is 0 Å². The molecule has 146 valence electrons. The molecule has 5 heterocycles. The number of aryl methyl sites for hydroxylation is 1. The summed E-state index contributed by atoms with van der Waals surface area (Å²) in [5.41, 5.74) is 4.21. The van der Waals surface area contributed by atoms with Crippen LogP contribution in [-0.2, 0) is 6.54 Å². The fraction of sp³-hybridized carbons (Fsp3) is 0.286. The number of nitrogens with one attached hydrogen (secondary N) is 1. The first-order valence-electron chi connectivity index (χ1n) is 9.74. The molecule has 0 saturated carbocycles. The molecule has 1 aliphatic heterocycles. The summed E-state index contributed by atoms with van der Waals surface area (Å²) in [6, 6.07) is 8.00. The molecule has 0 radical (unpaired) electrons. The van der Waals surface area contributed by atoms with Crippen molar-refractivity contribution in [3.8, 4) is 10.6 Å². The molecule has 0 aliphatic carbocycles. The topological polar surface area (TPSA) is 79.7 Å². The maximum absolute atomic E-state index is 4.84. The highest BCUT2D eigenvalue weighted by Crippen LogP contribution is 2.30. The number of likely N-dealkylation sites (tertiary alicyclic amines) is 1. The van der Waals surface area contributed by atoms with Gasteiger partial charge in [-0.2, -0.15) is 10.2 Å². The summed E-state index contributed by atoms with van der Waals surface area (Å²) >= 11 is 1.60. The third-order valence-corrected chi connectivity index (χ3v) is 6.19. The first kappa shape index (κ1) is 18.1. The Morgan fingerprint density at radius 2 is 1.93 bits per heavy atom. The molecule has 0 unspecified atom stereocenters. The smallest absolute Gasteiger partial charge is 0.133 e. The number of aromatic nitrogens is 5. The Morgan fingerprint density at radius 3 is 2.76 bits per heavy atom. The molecule has 1 aliphatic rings. The van der Waals surface area contributed by atoms with Gasteiger partial charge in [-0.3, -0.25) is 4.90 Å². The minimum absolute atomic E-state index is 0.741. The summed E-state index contributed by atoms with van der Waals surface area (Å²) in [5.74, 6) is 1.55. The van der Waals surface area contributed by atoms with Gasteiger partial charge in [0, 0.05) is 24.4 Å². The molecule has 1 fully saturated rings. The maximum Gasteiger partial charge on any atom is 0.133 e. The molecule has 0 spiro atoms. The second-order valence-electron chi connectivity index (χ2n) is 7.26. The highest BCUT2D eigenvalue weighted by atomic mass is 32.1. The van der Waals surface area contributed by atoms with Gasteiger partial charge in [-0.1, -0.05) is 6.07 Å². The summed E-state index contributed by atoms with van der Waals surface area (Å²) in [6.07, 6.45) is 7.82. The van der Waals surface area contributed by atoms with Crippen LogP contribution in [0.1, 0.15) is 24.1 Å². The molecule has 0 aromatic carbocycles. The molecule has 7 nitrogen and oxygen atoms in total. The SMILES string of the molecule is Cc1ccc(Nc2cc3nc(-c4ccnnc4)sc3cn2)nc1CN1CCCC1. The van der Waals surface area contributed by atoms with E-state index < -0.39 is 0 Å². The molecule has 29 heavy (non-hydrogen) atoms. The van der Waals surface area contributed by atoms with E-state index in [1.165, 1.54) is 18.4 Å². The fourth-order valence-corrected chi connectivity index (χ4v) is 4.43. The predicted octanol–water partition coefficient (Wildman–Crippen LogP) is 4.19. The second kappa shape index (κ2) is 7.81.